The summed E-state index contributed by atoms with van der Waals surface area (Å²) in [4.78, 5) is 22.5. The highest BCUT2D eigenvalue weighted by atomic mass is 32.1. The van der Waals surface area contributed by atoms with Crippen molar-refractivity contribution in [3.63, 3.8) is 0 Å². The predicted molar refractivity (Wildman–Crippen MR) is 57.3 cm³/mol. The number of nitrogens with one attached hydrogen (secondary N) is 1. The second-order valence-corrected chi connectivity index (χ2v) is 4.05. The van der Waals surface area contributed by atoms with Crippen molar-refractivity contribution in [1.29, 1.82) is 0 Å². The average molecular weight is 223 g/mol. The van der Waals surface area contributed by atoms with Gasteiger partial charge in [0.05, 0.1) is 7.11 Å². The molecule has 2 aromatic heterocycles. The van der Waals surface area contributed by atoms with Gasteiger partial charge in [-0.15, -0.1) is 16.3 Å². The number of rotatable bonds is 2. The molecule has 0 spiro atoms. The molecule has 1 N–H and O–H groups in total. The molecule has 0 atom stereocenters. The van der Waals surface area contributed by atoms with E-state index in [9.17, 15) is 4.79 Å². The Hall–Kier alpha value is -1.69. The van der Waals surface area contributed by atoms with Crippen LogP contribution in [-0.4, -0.2) is 22.1 Å². The number of aryl methyl sites for hydroxylation is 1. The molecule has 6 heteroatoms. The van der Waals surface area contributed by atoms with Gasteiger partial charge in [0, 0.05) is 15.8 Å². The molecular weight excluding hydrogens is 214 g/mol. The van der Waals surface area contributed by atoms with Crippen molar-refractivity contribution < 1.29 is 4.74 Å². The molecule has 2 heterocycles. The van der Waals surface area contributed by atoms with E-state index >= 15 is 0 Å². The maximum Gasteiger partial charge on any atom is 0.351 e. The minimum Gasteiger partial charge on any atom is -0.467 e. The number of H-pyrrole nitrogens is 1. The summed E-state index contributed by atoms with van der Waals surface area (Å²) >= 11 is 1.60. The van der Waals surface area contributed by atoms with Gasteiger partial charge in [0.2, 0.25) is 0 Å². The van der Waals surface area contributed by atoms with E-state index < -0.39 is 5.69 Å². The van der Waals surface area contributed by atoms with Crippen LogP contribution in [0.4, 0.5) is 0 Å². The summed E-state index contributed by atoms with van der Waals surface area (Å²) in [5, 5.41) is 1.92. The van der Waals surface area contributed by atoms with Crippen molar-refractivity contribution in [3.8, 4) is 17.4 Å². The van der Waals surface area contributed by atoms with Crippen LogP contribution in [0.15, 0.2) is 16.2 Å². The first-order chi connectivity index (χ1) is 7.19. The third-order valence-corrected chi connectivity index (χ3v) is 2.68. The Labute approximate surface area is 89.8 Å². The first-order valence-electron chi connectivity index (χ1n) is 4.27. The zero-order chi connectivity index (χ0) is 10.8. The van der Waals surface area contributed by atoms with Crippen LogP contribution in [0.3, 0.4) is 0 Å². The molecule has 2 aromatic rings. The van der Waals surface area contributed by atoms with Gasteiger partial charge in [0.15, 0.2) is 0 Å². The molecule has 78 valence electrons. The topological polar surface area (TPSA) is 67.9 Å². The number of aromatic amines is 1. The quantitative estimate of drug-likeness (QED) is 0.831. The summed E-state index contributed by atoms with van der Waals surface area (Å²) in [6.07, 6.45) is 0. The van der Waals surface area contributed by atoms with Crippen LogP contribution in [0.5, 0.6) is 6.01 Å². The molecular formula is C9H9N3O2S. The minimum atomic E-state index is -0.458. The highest BCUT2D eigenvalue weighted by Crippen LogP contribution is 2.21. The van der Waals surface area contributed by atoms with Gasteiger partial charge in [-0.3, -0.25) is 4.98 Å². The molecule has 5 nitrogen and oxygen atoms in total. The Morgan fingerprint density at radius 2 is 2.27 bits per heavy atom. The van der Waals surface area contributed by atoms with Crippen molar-refractivity contribution in [2.75, 3.05) is 7.11 Å². The van der Waals surface area contributed by atoms with E-state index in [1.807, 2.05) is 18.4 Å². The van der Waals surface area contributed by atoms with Crippen molar-refractivity contribution in [1.82, 2.24) is 15.0 Å². The molecule has 0 aromatic carbocycles. The van der Waals surface area contributed by atoms with Gasteiger partial charge in [-0.2, -0.15) is 4.98 Å². The van der Waals surface area contributed by atoms with Crippen LogP contribution in [0.1, 0.15) is 4.88 Å². The van der Waals surface area contributed by atoms with Gasteiger partial charge in [0.1, 0.15) is 5.82 Å². The lowest BCUT2D eigenvalue weighted by molar-refractivity contribution is 0.377. The molecule has 2 rings (SSSR count). The molecule has 0 unspecified atom stereocenters. The zero-order valence-corrected chi connectivity index (χ0v) is 9.09. The SMILES string of the molecule is COc1nc(-c2csc(C)c2)[nH]c(=O)n1. The van der Waals surface area contributed by atoms with E-state index in [0.29, 0.717) is 5.82 Å². The highest BCUT2D eigenvalue weighted by molar-refractivity contribution is 7.10. The van der Waals surface area contributed by atoms with E-state index in [-0.39, 0.29) is 6.01 Å². The fourth-order valence-corrected chi connectivity index (χ4v) is 1.85. The Bertz CT molecular complexity index is 532. The number of nitrogens with zero attached hydrogens (tertiary/aromatic N) is 2. The minimum absolute atomic E-state index is 0.0811. The van der Waals surface area contributed by atoms with E-state index in [1.165, 1.54) is 7.11 Å². The van der Waals surface area contributed by atoms with Crippen LogP contribution in [0, 0.1) is 6.92 Å². The van der Waals surface area contributed by atoms with Gasteiger partial charge in [-0.1, -0.05) is 0 Å². The summed E-state index contributed by atoms with van der Waals surface area (Å²) in [5.74, 6) is 0.483. The van der Waals surface area contributed by atoms with Crippen molar-refractivity contribution in [3.05, 3.63) is 26.8 Å². The third-order valence-electron chi connectivity index (χ3n) is 1.82. The zero-order valence-electron chi connectivity index (χ0n) is 8.27. The lowest BCUT2D eigenvalue weighted by Gasteiger charge is -1.99. The van der Waals surface area contributed by atoms with Crippen LogP contribution in [0.25, 0.3) is 11.4 Å². The highest BCUT2D eigenvalue weighted by Gasteiger charge is 2.06. The van der Waals surface area contributed by atoms with Crippen LogP contribution < -0.4 is 10.4 Å². The lowest BCUT2D eigenvalue weighted by atomic mass is 10.3. The monoisotopic (exact) mass is 223 g/mol. The second-order valence-electron chi connectivity index (χ2n) is 2.94. The number of hydrogen-bond acceptors (Lipinski definition) is 5. The third kappa shape index (κ3) is 2.04. The maximum absolute atomic E-state index is 11.2. The summed E-state index contributed by atoms with van der Waals surface area (Å²) in [6.45, 7) is 1.99. The summed E-state index contributed by atoms with van der Waals surface area (Å²) in [7, 11) is 1.43. The van der Waals surface area contributed by atoms with Crippen LogP contribution in [-0.2, 0) is 0 Å². The van der Waals surface area contributed by atoms with Gasteiger partial charge in [0.25, 0.3) is 0 Å². The molecule has 0 saturated heterocycles. The largest absolute Gasteiger partial charge is 0.467 e. The number of methoxy groups -OCH3 is 1. The molecule has 0 bridgehead atoms. The maximum atomic E-state index is 11.2. The predicted octanol–water partition coefficient (Wildman–Crippen LogP) is 1.21. The van der Waals surface area contributed by atoms with E-state index in [0.717, 1.165) is 10.4 Å². The van der Waals surface area contributed by atoms with Crippen molar-refractivity contribution in [2.45, 2.75) is 6.92 Å². The van der Waals surface area contributed by atoms with E-state index in [4.69, 9.17) is 4.74 Å². The van der Waals surface area contributed by atoms with Crippen molar-refractivity contribution >= 4 is 11.3 Å². The molecule has 15 heavy (non-hydrogen) atoms. The Morgan fingerprint density at radius 3 is 2.87 bits per heavy atom. The first-order valence-corrected chi connectivity index (χ1v) is 5.15. The Balaban J connectivity index is 2.53. The standard InChI is InChI=1S/C9H9N3O2S/c1-5-3-6(4-15-5)7-10-8(13)12-9(11-7)14-2/h3-4H,1-2H3,(H,10,11,12,13). The summed E-state index contributed by atoms with van der Waals surface area (Å²) in [6, 6.07) is 2.03. The van der Waals surface area contributed by atoms with Crippen LogP contribution >= 0.6 is 11.3 Å². The molecule has 0 amide bonds. The smallest absolute Gasteiger partial charge is 0.351 e. The Kier molecular flexibility index (Phi) is 2.51. The molecule has 0 saturated carbocycles. The van der Waals surface area contributed by atoms with Gasteiger partial charge >= 0.3 is 11.7 Å². The van der Waals surface area contributed by atoms with Crippen LogP contribution in [0.2, 0.25) is 0 Å². The summed E-state index contributed by atoms with van der Waals surface area (Å²) < 4.78 is 4.83. The molecule has 0 aliphatic rings. The van der Waals surface area contributed by atoms with Gasteiger partial charge < -0.3 is 4.74 Å². The summed E-state index contributed by atoms with van der Waals surface area (Å²) in [5.41, 5.74) is 0.413. The normalized spacial score (nSPS) is 10.3. The molecule has 0 fully saturated rings. The first kappa shape index (κ1) is 9.85. The number of thiophene rings is 1. The van der Waals surface area contributed by atoms with Gasteiger partial charge in [-0.25, -0.2) is 4.79 Å². The lowest BCUT2D eigenvalue weighted by Crippen LogP contribution is -2.14. The molecule has 0 radical (unpaired) electrons. The molecule has 0 aliphatic heterocycles. The number of ether oxygens (including phenoxy) is 1. The average Bonchev–Trinajstić information content (AvgIpc) is 2.64. The fraction of sp³-hybridized carbons (Fsp3) is 0.222. The second kappa shape index (κ2) is 3.82. The number of aromatic nitrogens is 3. The fourth-order valence-electron chi connectivity index (χ4n) is 1.16. The molecule has 0 aliphatic carbocycles. The Morgan fingerprint density at radius 1 is 1.47 bits per heavy atom. The van der Waals surface area contributed by atoms with Crippen molar-refractivity contribution in [2.24, 2.45) is 0 Å². The van der Waals surface area contributed by atoms with Gasteiger partial charge in [-0.05, 0) is 13.0 Å². The van der Waals surface area contributed by atoms with E-state index in [1.54, 1.807) is 11.3 Å². The number of hydrogen-bond donors (Lipinski definition) is 1. The van der Waals surface area contributed by atoms with E-state index in [2.05, 4.69) is 15.0 Å².